The highest BCUT2D eigenvalue weighted by molar-refractivity contribution is 7.90. The summed E-state index contributed by atoms with van der Waals surface area (Å²) in [6.45, 7) is 11.0. The Kier molecular flexibility index (Phi) is 7.94. The number of nitrogens with one attached hydrogen (secondary N) is 2. The molecule has 0 spiro atoms. The second-order valence-electron chi connectivity index (χ2n) is 8.33. The molecule has 1 fully saturated rings. The molecule has 154 valence electrons. The minimum atomic E-state index is -3.22. The summed E-state index contributed by atoms with van der Waals surface area (Å²) in [6.07, 6.45) is 2.88. The van der Waals surface area contributed by atoms with Crippen LogP contribution >= 0.6 is 0 Å². The Hall–Kier alpha value is -1.31. The highest BCUT2D eigenvalue weighted by Gasteiger charge is 2.27. The zero-order valence-electron chi connectivity index (χ0n) is 17.3. The van der Waals surface area contributed by atoms with Crippen LogP contribution in [0.5, 0.6) is 0 Å². The van der Waals surface area contributed by atoms with E-state index in [1.54, 1.807) is 20.8 Å². The van der Waals surface area contributed by atoms with E-state index < -0.39 is 14.8 Å². The summed E-state index contributed by atoms with van der Waals surface area (Å²) in [7, 11) is -1.05. The Morgan fingerprint density at radius 1 is 0.926 bits per heavy atom. The first-order chi connectivity index (χ1) is 12.7. The Morgan fingerprint density at radius 2 is 1.52 bits per heavy atom. The van der Waals surface area contributed by atoms with Gasteiger partial charge in [-0.15, -0.1) is 0 Å². The number of anilines is 2. The molecule has 1 aromatic carbocycles. The van der Waals surface area contributed by atoms with Crippen molar-refractivity contribution in [2.45, 2.75) is 44.8 Å². The second kappa shape index (κ2) is 9.75. The maximum atomic E-state index is 12.0. The molecule has 1 aliphatic rings. The number of hydrogen-bond acceptors (Lipinski definition) is 5. The summed E-state index contributed by atoms with van der Waals surface area (Å²) in [5.74, 6) is 0. The van der Waals surface area contributed by atoms with E-state index in [2.05, 4.69) is 51.2 Å². The van der Waals surface area contributed by atoms with Gasteiger partial charge in [-0.2, -0.15) is 0 Å². The van der Waals surface area contributed by atoms with Crippen molar-refractivity contribution < 1.29 is 8.42 Å². The first kappa shape index (κ1) is 22.0. The number of benzene rings is 1. The van der Waals surface area contributed by atoms with Gasteiger partial charge in [-0.3, -0.25) is 0 Å². The van der Waals surface area contributed by atoms with Crippen molar-refractivity contribution in [1.82, 2.24) is 9.62 Å². The zero-order valence-corrected chi connectivity index (χ0v) is 18.1. The van der Waals surface area contributed by atoms with Gasteiger partial charge in [-0.1, -0.05) is 6.42 Å². The fourth-order valence-corrected chi connectivity index (χ4v) is 3.78. The van der Waals surface area contributed by atoms with Crippen molar-refractivity contribution in [3.05, 3.63) is 24.3 Å². The van der Waals surface area contributed by atoms with E-state index in [1.807, 2.05) is 0 Å². The number of hydrogen-bond donors (Lipinski definition) is 2. The summed E-state index contributed by atoms with van der Waals surface area (Å²) in [5, 5.41) is 3.45. The van der Waals surface area contributed by atoms with E-state index >= 15 is 0 Å². The van der Waals surface area contributed by atoms with Gasteiger partial charge >= 0.3 is 0 Å². The van der Waals surface area contributed by atoms with E-state index in [9.17, 15) is 8.42 Å². The molecule has 2 N–H and O–H groups in total. The molecule has 1 aromatic rings. The molecule has 0 amide bonds. The lowest BCUT2D eigenvalue weighted by molar-refractivity contribution is 0.313. The number of nitrogens with zero attached hydrogens (tertiary/aromatic N) is 2. The first-order valence-electron chi connectivity index (χ1n) is 9.96. The van der Waals surface area contributed by atoms with Crippen LogP contribution in [0.4, 0.5) is 11.4 Å². The Labute approximate surface area is 165 Å². The minimum absolute atomic E-state index is 0.513. The average molecular weight is 397 g/mol. The van der Waals surface area contributed by atoms with Crippen LogP contribution in [-0.2, 0) is 10.0 Å². The molecule has 1 heterocycles. The SMILES string of the molecule is CN1CCN(c2ccc(NCCCCCNS(=O)(=O)C(C)(C)C)cc2)CC1. The van der Waals surface area contributed by atoms with Crippen molar-refractivity contribution in [2.24, 2.45) is 0 Å². The molecular formula is C20H36N4O2S. The fourth-order valence-electron chi connectivity index (χ4n) is 2.94. The maximum Gasteiger partial charge on any atom is 0.216 e. The summed E-state index contributed by atoms with van der Waals surface area (Å²) >= 11 is 0. The van der Waals surface area contributed by atoms with Gasteiger partial charge in [-0.25, -0.2) is 13.1 Å². The highest BCUT2D eigenvalue weighted by Crippen LogP contribution is 2.19. The molecule has 7 heteroatoms. The van der Waals surface area contributed by atoms with E-state index in [0.29, 0.717) is 6.54 Å². The lowest BCUT2D eigenvalue weighted by Crippen LogP contribution is -2.44. The minimum Gasteiger partial charge on any atom is -0.385 e. The van der Waals surface area contributed by atoms with E-state index in [-0.39, 0.29) is 0 Å². The third-order valence-electron chi connectivity index (χ3n) is 5.02. The van der Waals surface area contributed by atoms with Gasteiger partial charge in [0.15, 0.2) is 0 Å². The van der Waals surface area contributed by atoms with Gasteiger partial charge in [0.25, 0.3) is 0 Å². The standard InChI is InChI=1S/C20H36N4O2S/c1-20(2,3)27(25,26)22-13-7-5-6-12-21-18-8-10-19(11-9-18)24-16-14-23(4)15-17-24/h8-11,21-22H,5-7,12-17H2,1-4H3. The first-order valence-corrected chi connectivity index (χ1v) is 11.4. The quantitative estimate of drug-likeness (QED) is 0.629. The predicted octanol–water partition coefficient (Wildman–Crippen LogP) is 2.74. The molecule has 0 aliphatic carbocycles. The normalized spacial score (nSPS) is 16.5. The molecule has 0 saturated carbocycles. The molecule has 0 aromatic heterocycles. The summed E-state index contributed by atoms with van der Waals surface area (Å²) in [4.78, 5) is 4.79. The topological polar surface area (TPSA) is 64.7 Å². The monoisotopic (exact) mass is 396 g/mol. The van der Waals surface area contributed by atoms with Crippen LogP contribution in [0, 0.1) is 0 Å². The molecule has 0 atom stereocenters. The van der Waals surface area contributed by atoms with Gasteiger partial charge in [0.05, 0.1) is 4.75 Å². The van der Waals surface area contributed by atoms with Crippen molar-refractivity contribution in [3.8, 4) is 0 Å². The average Bonchev–Trinajstić information content (AvgIpc) is 2.61. The fraction of sp³-hybridized carbons (Fsp3) is 0.700. The number of unbranched alkanes of at least 4 members (excludes halogenated alkanes) is 2. The molecule has 0 bridgehead atoms. The highest BCUT2D eigenvalue weighted by atomic mass is 32.2. The lowest BCUT2D eigenvalue weighted by atomic mass is 10.2. The Balaban J connectivity index is 1.61. The molecule has 27 heavy (non-hydrogen) atoms. The van der Waals surface area contributed by atoms with Gasteiger partial charge < -0.3 is 15.1 Å². The van der Waals surface area contributed by atoms with E-state index in [0.717, 1.165) is 57.7 Å². The largest absolute Gasteiger partial charge is 0.385 e. The van der Waals surface area contributed by atoms with Crippen LogP contribution < -0.4 is 14.9 Å². The van der Waals surface area contributed by atoms with E-state index in [4.69, 9.17) is 0 Å². The van der Waals surface area contributed by atoms with Gasteiger partial charge in [0.2, 0.25) is 10.0 Å². The molecule has 0 radical (unpaired) electrons. The Bertz CT molecular complexity index is 660. The summed E-state index contributed by atoms with van der Waals surface area (Å²) in [6, 6.07) is 8.67. The lowest BCUT2D eigenvalue weighted by Gasteiger charge is -2.34. The van der Waals surface area contributed by atoms with Crippen LogP contribution in [0.2, 0.25) is 0 Å². The predicted molar refractivity (Wildman–Crippen MR) is 115 cm³/mol. The number of likely N-dealkylation sites (N-methyl/N-ethyl adjacent to an activating group) is 1. The molecule has 6 nitrogen and oxygen atoms in total. The van der Waals surface area contributed by atoms with Crippen LogP contribution in [0.1, 0.15) is 40.0 Å². The number of piperazine rings is 1. The van der Waals surface area contributed by atoms with Crippen molar-refractivity contribution in [3.63, 3.8) is 0 Å². The van der Waals surface area contributed by atoms with Crippen LogP contribution in [0.15, 0.2) is 24.3 Å². The third-order valence-corrected chi connectivity index (χ3v) is 7.21. The molecule has 1 saturated heterocycles. The van der Waals surface area contributed by atoms with Gasteiger partial charge in [0, 0.05) is 50.6 Å². The molecule has 2 rings (SSSR count). The molecular weight excluding hydrogens is 360 g/mol. The second-order valence-corrected chi connectivity index (χ2v) is 10.9. The molecule has 0 unspecified atom stereocenters. The molecule has 1 aliphatic heterocycles. The van der Waals surface area contributed by atoms with Gasteiger partial charge in [-0.05, 0) is 64.9 Å². The van der Waals surface area contributed by atoms with Crippen LogP contribution in [-0.4, -0.2) is 64.4 Å². The van der Waals surface area contributed by atoms with Crippen LogP contribution in [0.25, 0.3) is 0 Å². The Morgan fingerprint density at radius 3 is 2.11 bits per heavy atom. The number of sulfonamides is 1. The maximum absolute atomic E-state index is 12.0. The summed E-state index contributed by atoms with van der Waals surface area (Å²) in [5.41, 5.74) is 2.43. The smallest absolute Gasteiger partial charge is 0.216 e. The van der Waals surface area contributed by atoms with Crippen LogP contribution in [0.3, 0.4) is 0 Å². The summed E-state index contributed by atoms with van der Waals surface area (Å²) < 4.78 is 25.9. The zero-order chi connectivity index (χ0) is 19.9. The van der Waals surface area contributed by atoms with E-state index in [1.165, 1.54) is 5.69 Å². The van der Waals surface area contributed by atoms with Crippen molar-refractivity contribution in [2.75, 3.05) is 56.5 Å². The third kappa shape index (κ3) is 6.97. The van der Waals surface area contributed by atoms with Crippen molar-refractivity contribution >= 4 is 21.4 Å². The van der Waals surface area contributed by atoms with Gasteiger partial charge in [0.1, 0.15) is 0 Å². The number of rotatable bonds is 9. The van der Waals surface area contributed by atoms with Crippen molar-refractivity contribution in [1.29, 1.82) is 0 Å².